The molecule has 2 fully saturated rings. The second-order valence-electron chi connectivity index (χ2n) is 8.17. The maximum absolute atomic E-state index is 13.1. The van der Waals surface area contributed by atoms with Crippen molar-refractivity contribution in [2.75, 3.05) is 18.1 Å². The van der Waals surface area contributed by atoms with Crippen molar-refractivity contribution in [1.29, 1.82) is 0 Å². The lowest BCUT2D eigenvalue weighted by atomic mass is 9.89. The highest BCUT2D eigenvalue weighted by Gasteiger charge is 2.56. The minimum Gasteiger partial charge on any atom is -0.459 e. The standard InChI is InChI=1S/C16H25N7O4S2/c1-15(2,3)27-13(26)16(6-22-11(25)10(18)12(22)28-7-16)8-29-14-19-20-21-23(14)5-4-9(17)24/h10,12H,4-8,18H2,1-3H3,(H2,17,24)/t10?,12-,16?/m1/s1. The number of nitrogens with two attached hydrogens (primary N) is 2. The highest BCUT2D eigenvalue weighted by atomic mass is 32.2. The zero-order valence-corrected chi connectivity index (χ0v) is 18.2. The number of carbonyl (C=O) groups excluding carboxylic acids is 3. The van der Waals surface area contributed by atoms with Crippen molar-refractivity contribution in [2.45, 2.75) is 55.9 Å². The molecule has 0 aliphatic carbocycles. The molecule has 0 radical (unpaired) electrons. The van der Waals surface area contributed by atoms with Crippen LogP contribution in [0.15, 0.2) is 5.16 Å². The van der Waals surface area contributed by atoms with Crippen LogP contribution >= 0.6 is 23.5 Å². The predicted molar refractivity (Wildman–Crippen MR) is 107 cm³/mol. The molecule has 3 heterocycles. The fourth-order valence-electron chi connectivity index (χ4n) is 3.04. The van der Waals surface area contributed by atoms with Crippen molar-refractivity contribution in [3.8, 4) is 0 Å². The first-order valence-electron chi connectivity index (χ1n) is 9.11. The summed E-state index contributed by atoms with van der Waals surface area (Å²) in [5.41, 5.74) is 9.48. The summed E-state index contributed by atoms with van der Waals surface area (Å²) in [7, 11) is 0. The van der Waals surface area contributed by atoms with Gasteiger partial charge in [0.25, 0.3) is 0 Å². The molecule has 2 aliphatic rings. The van der Waals surface area contributed by atoms with Gasteiger partial charge in [-0.05, 0) is 31.2 Å². The molecule has 2 unspecified atom stereocenters. The van der Waals surface area contributed by atoms with E-state index in [1.54, 1.807) is 25.7 Å². The van der Waals surface area contributed by atoms with Crippen molar-refractivity contribution in [3.05, 3.63) is 0 Å². The zero-order valence-electron chi connectivity index (χ0n) is 16.5. The number of tetrazole rings is 1. The summed E-state index contributed by atoms with van der Waals surface area (Å²) in [5.74, 6) is -0.194. The van der Waals surface area contributed by atoms with Gasteiger partial charge in [0.05, 0.1) is 6.54 Å². The number of primary amides is 1. The van der Waals surface area contributed by atoms with Gasteiger partial charge in [0.1, 0.15) is 22.4 Å². The lowest BCUT2D eigenvalue weighted by molar-refractivity contribution is -0.169. The Bertz CT molecular complexity index is 811. The van der Waals surface area contributed by atoms with E-state index in [4.69, 9.17) is 16.2 Å². The molecule has 4 N–H and O–H groups in total. The minimum absolute atomic E-state index is 0.105. The van der Waals surface area contributed by atoms with Crippen LogP contribution in [0.25, 0.3) is 0 Å². The van der Waals surface area contributed by atoms with Crippen LogP contribution in [-0.4, -0.2) is 78.0 Å². The summed E-state index contributed by atoms with van der Waals surface area (Å²) >= 11 is 2.77. The number of hydrogen-bond acceptors (Lipinski definition) is 10. The summed E-state index contributed by atoms with van der Waals surface area (Å²) < 4.78 is 7.15. The first-order valence-corrected chi connectivity index (χ1v) is 11.1. The number of hydrogen-bond donors (Lipinski definition) is 2. The number of esters is 1. The van der Waals surface area contributed by atoms with Crippen LogP contribution in [-0.2, 0) is 25.7 Å². The Hall–Kier alpha value is -1.86. The van der Waals surface area contributed by atoms with E-state index < -0.39 is 23.0 Å². The third kappa shape index (κ3) is 4.67. The Morgan fingerprint density at radius 3 is 2.79 bits per heavy atom. The van der Waals surface area contributed by atoms with Crippen LogP contribution in [0.4, 0.5) is 0 Å². The van der Waals surface area contributed by atoms with E-state index in [1.165, 1.54) is 28.2 Å². The molecule has 0 aromatic carbocycles. The number of aromatic nitrogens is 4. The Morgan fingerprint density at radius 2 is 2.14 bits per heavy atom. The summed E-state index contributed by atoms with van der Waals surface area (Å²) in [4.78, 5) is 38.0. The van der Waals surface area contributed by atoms with Gasteiger partial charge in [-0.2, -0.15) is 0 Å². The fourth-order valence-corrected chi connectivity index (χ4v) is 5.74. The van der Waals surface area contributed by atoms with Crippen LogP contribution in [0, 0.1) is 5.41 Å². The quantitative estimate of drug-likeness (QED) is 0.310. The van der Waals surface area contributed by atoms with E-state index >= 15 is 0 Å². The third-order valence-corrected chi connectivity index (χ3v) is 7.42. The van der Waals surface area contributed by atoms with Gasteiger partial charge in [-0.1, -0.05) is 11.8 Å². The molecule has 0 saturated carbocycles. The topological polar surface area (TPSA) is 159 Å². The van der Waals surface area contributed by atoms with Gasteiger partial charge in [-0.15, -0.1) is 16.9 Å². The molecule has 0 spiro atoms. The molecule has 3 rings (SSSR count). The van der Waals surface area contributed by atoms with Crippen LogP contribution in [0.5, 0.6) is 0 Å². The maximum atomic E-state index is 13.1. The van der Waals surface area contributed by atoms with Crippen LogP contribution in [0.3, 0.4) is 0 Å². The number of carbonyl (C=O) groups is 3. The van der Waals surface area contributed by atoms with Gasteiger partial charge < -0.3 is 21.1 Å². The van der Waals surface area contributed by atoms with Crippen molar-refractivity contribution in [3.63, 3.8) is 0 Å². The largest absolute Gasteiger partial charge is 0.459 e. The Balaban J connectivity index is 1.76. The summed E-state index contributed by atoms with van der Waals surface area (Å²) in [6.45, 7) is 5.90. The molecule has 1 aromatic rings. The van der Waals surface area contributed by atoms with Gasteiger partial charge in [0, 0.05) is 24.5 Å². The highest BCUT2D eigenvalue weighted by Crippen LogP contribution is 2.44. The summed E-state index contributed by atoms with van der Waals surface area (Å²) in [6, 6.07) is -0.523. The second kappa shape index (κ2) is 8.11. The number of rotatable bonds is 7. The number of ether oxygens (including phenoxy) is 1. The van der Waals surface area contributed by atoms with Gasteiger partial charge in [0.15, 0.2) is 0 Å². The van der Waals surface area contributed by atoms with Crippen LogP contribution in [0.2, 0.25) is 0 Å². The summed E-state index contributed by atoms with van der Waals surface area (Å²) in [5, 5.41) is 11.8. The molecule has 0 bridgehead atoms. The van der Waals surface area contributed by atoms with E-state index in [2.05, 4.69) is 15.5 Å². The lowest BCUT2D eigenvalue weighted by Gasteiger charge is -2.53. The number of thioether (sulfide) groups is 2. The van der Waals surface area contributed by atoms with Gasteiger partial charge >= 0.3 is 5.97 Å². The maximum Gasteiger partial charge on any atom is 0.316 e. The number of fused-ring (bicyclic) bond motifs is 1. The fraction of sp³-hybridized carbons (Fsp3) is 0.750. The normalized spacial score (nSPS) is 26.6. The van der Waals surface area contributed by atoms with Gasteiger partial charge in [-0.25, -0.2) is 4.68 Å². The molecule has 2 saturated heterocycles. The monoisotopic (exact) mass is 443 g/mol. The average molecular weight is 444 g/mol. The number of aryl methyl sites for hydroxylation is 1. The first-order chi connectivity index (χ1) is 13.5. The van der Waals surface area contributed by atoms with Crippen molar-refractivity contribution >= 4 is 41.3 Å². The smallest absolute Gasteiger partial charge is 0.316 e. The van der Waals surface area contributed by atoms with E-state index in [-0.39, 0.29) is 36.8 Å². The number of amides is 2. The van der Waals surface area contributed by atoms with Crippen molar-refractivity contribution < 1.29 is 19.1 Å². The summed E-state index contributed by atoms with van der Waals surface area (Å²) in [6.07, 6.45) is 0.105. The molecular weight excluding hydrogens is 418 g/mol. The molecule has 11 nitrogen and oxygen atoms in total. The van der Waals surface area contributed by atoms with Crippen molar-refractivity contribution in [1.82, 2.24) is 25.1 Å². The van der Waals surface area contributed by atoms with E-state index in [0.717, 1.165) is 0 Å². The Kier molecular flexibility index (Phi) is 6.11. The molecule has 29 heavy (non-hydrogen) atoms. The van der Waals surface area contributed by atoms with Crippen molar-refractivity contribution in [2.24, 2.45) is 16.9 Å². The SMILES string of the molecule is CC(C)(C)OC(=O)C1(CSc2nnnn2CCC(N)=O)CS[C@@H]2C(N)C(=O)N2C1. The van der Waals surface area contributed by atoms with Gasteiger partial charge in [-0.3, -0.25) is 14.4 Å². The highest BCUT2D eigenvalue weighted by molar-refractivity contribution is 8.00. The Labute approximate surface area is 176 Å². The molecule has 13 heteroatoms. The van der Waals surface area contributed by atoms with E-state index in [9.17, 15) is 14.4 Å². The predicted octanol–water partition coefficient (Wildman–Crippen LogP) is -0.789. The molecular formula is C16H25N7O4S2. The molecule has 2 aliphatic heterocycles. The van der Waals surface area contributed by atoms with E-state index in [1.807, 2.05) is 0 Å². The molecule has 1 aromatic heterocycles. The van der Waals surface area contributed by atoms with E-state index in [0.29, 0.717) is 16.7 Å². The first kappa shape index (κ1) is 21.8. The molecule has 160 valence electrons. The molecule has 2 amide bonds. The third-order valence-electron chi connectivity index (χ3n) is 4.56. The molecule has 3 atom stereocenters. The van der Waals surface area contributed by atoms with Crippen LogP contribution < -0.4 is 11.5 Å². The lowest BCUT2D eigenvalue weighted by Crippen LogP contribution is -2.72. The Morgan fingerprint density at radius 1 is 1.41 bits per heavy atom. The zero-order chi connectivity index (χ0) is 21.4. The second-order valence-corrected chi connectivity index (χ2v) is 10.2. The number of β-lactam (4-membered cyclic amide) rings is 1. The average Bonchev–Trinajstić information content (AvgIpc) is 3.09. The minimum atomic E-state index is -0.921. The number of nitrogens with zero attached hydrogens (tertiary/aromatic N) is 5. The van der Waals surface area contributed by atoms with Gasteiger partial charge in [0.2, 0.25) is 17.0 Å². The van der Waals surface area contributed by atoms with Crippen LogP contribution in [0.1, 0.15) is 27.2 Å².